The minimum Gasteiger partial charge on any atom is -0.313 e. The molecule has 3 atom stereocenters. The monoisotopic (exact) mass is 245 g/mol. The number of piperidine rings is 1. The maximum Gasteiger partial charge on any atom is 0.0362 e. The van der Waals surface area contributed by atoms with E-state index in [9.17, 15) is 0 Å². The van der Waals surface area contributed by atoms with E-state index in [1.54, 1.807) is 0 Å². The van der Waals surface area contributed by atoms with E-state index in [-0.39, 0.29) is 0 Å². The van der Waals surface area contributed by atoms with Gasteiger partial charge in [-0.3, -0.25) is 4.98 Å². The first-order valence-electron chi connectivity index (χ1n) is 7.08. The number of rotatable bonds is 3. The molecule has 98 valence electrons. The van der Waals surface area contributed by atoms with Gasteiger partial charge >= 0.3 is 0 Å². The van der Waals surface area contributed by atoms with Crippen LogP contribution in [0.4, 0.5) is 0 Å². The second-order valence-corrected chi connectivity index (χ2v) is 5.83. The highest BCUT2D eigenvalue weighted by molar-refractivity contribution is 5.16. The number of nitrogens with one attached hydrogen (secondary N) is 1. The molecule has 0 spiro atoms. The molecular weight excluding hydrogens is 222 g/mol. The van der Waals surface area contributed by atoms with Crippen molar-refractivity contribution in [2.24, 2.45) is 5.92 Å². The Hall–Kier alpha value is -0.930. The molecule has 3 rings (SSSR count). The Bertz CT molecular complexity index is 378. The summed E-state index contributed by atoms with van der Waals surface area (Å²) in [5, 5.41) is 3.51. The van der Waals surface area contributed by atoms with Crippen LogP contribution >= 0.6 is 0 Å². The van der Waals surface area contributed by atoms with Crippen molar-refractivity contribution in [1.29, 1.82) is 0 Å². The maximum absolute atomic E-state index is 4.27. The van der Waals surface area contributed by atoms with Crippen LogP contribution in [0.5, 0.6) is 0 Å². The Balaban J connectivity index is 1.78. The van der Waals surface area contributed by atoms with Gasteiger partial charge in [-0.25, -0.2) is 0 Å². The summed E-state index contributed by atoms with van der Waals surface area (Å²) in [6.07, 6.45) is 9.30. The Morgan fingerprint density at radius 3 is 2.61 bits per heavy atom. The minimum atomic E-state index is 0.468. The fourth-order valence-corrected chi connectivity index (χ4v) is 3.96. The Morgan fingerprint density at radius 1 is 1.33 bits per heavy atom. The van der Waals surface area contributed by atoms with Gasteiger partial charge in [0, 0.05) is 30.5 Å². The third-order valence-corrected chi connectivity index (χ3v) is 4.96. The molecular formula is C15H23N3. The molecule has 0 radical (unpaired) electrons. The average Bonchev–Trinajstić information content (AvgIpc) is 2.64. The van der Waals surface area contributed by atoms with Crippen molar-refractivity contribution in [1.82, 2.24) is 15.2 Å². The molecule has 1 aromatic heterocycles. The molecule has 2 fully saturated rings. The zero-order valence-corrected chi connectivity index (χ0v) is 11.3. The normalized spacial score (nSPS) is 33.6. The van der Waals surface area contributed by atoms with E-state index in [1.165, 1.54) is 31.2 Å². The molecule has 3 heteroatoms. The lowest BCUT2D eigenvalue weighted by Gasteiger charge is -2.39. The van der Waals surface area contributed by atoms with E-state index in [1.807, 2.05) is 18.5 Å². The van der Waals surface area contributed by atoms with Crippen LogP contribution in [0.15, 0.2) is 24.5 Å². The van der Waals surface area contributed by atoms with Crippen molar-refractivity contribution < 1.29 is 0 Å². The van der Waals surface area contributed by atoms with E-state index < -0.39 is 0 Å². The molecule has 0 saturated carbocycles. The molecule has 1 aromatic rings. The number of hydrogen-bond donors (Lipinski definition) is 1. The standard InChI is InChI=1S/C15H23N3/c1-16-15(11-4-3-7-17-10-11)12-8-13-5-6-14(9-12)18(13)2/h3-4,7,10,12-16H,5-6,8-9H2,1-2H3. The maximum atomic E-state index is 4.27. The fourth-order valence-electron chi connectivity index (χ4n) is 3.96. The van der Waals surface area contributed by atoms with Gasteiger partial charge in [-0.2, -0.15) is 0 Å². The summed E-state index contributed by atoms with van der Waals surface area (Å²) >= 11 is 0. The van der Waals surface area contributed by atoms with Crippen LogP contribution in [0.2, 0.25) is 0 Å². The van der Waals surface area contributed by atoms with Crippen molar-refractivity contribution >= 4 is 0 Å². The molecule has 0 aliphatic carbocycles. The molecule has 0 amide bonds. The zero-order chi connectivity index (χ0) is 12.5. The molecule has 0 aromatic carbocycles. The lowest BCUT2D eigenvalue weighted by Crippen LogP contribution is -2.43. The van der Waals surface area contributed by atoms with E-state index in [4.69, 9.17) is 0 Å². The Labute approximate surface area is 110 Å². The van der Waals surface area contributed by atoms with Crippen LogP contribution in [0.3, 0.4) is 0 Å². The quantitative estimate of drug-likeness (QED) is 0.885. The lowest BCUT2D eigenvalue weighted by molar-refractivity contribution is 0.114. The van der Waals surface area contributed by atoms with Gasteiger partial charge in [-0.1, -0.05) is 6.07 Å². The van der Waals surface area contributed by atoms with Crippen LogP contribution in [0.25, 0.3) is 0 Å². The Kier molecular flexibility index (Phi) is 3.35. The van der Waals surface area contributed by atoms with E-state index in [2.05, 4.69) is 35.4 Å². The topological polar surface area (TPSA) is 28.2 Å². The molecule has 3 nitrogen and oxygen atoms in total. The summed E-state index contributed by atoms with van der Waals surface area (Å²) in [6.45, 7) is 0. The molecule has 3 unspecified atom stereocenters. The first kappa shape index (κ1) is 12.1. The smallest absolute Gasteiger partial charge is 0.0362 e. The number of hydrogen-bond acceptors (Lipinski definition) is 3. The van der Waals surface area contributed by atoms with Crippen molar-refractivity contribution in [3.8, 4) is 0 Å². The molecule has 1 N–H and O–H groups in total. The van der Waals surface area contributed by atoms with Crippen LogP contribution in [0, 0.1) is 5.92 Å². The second-order valence-electron chi connectivity index (χ2n) is 5.83. The highest BCUT2D eigenvalue weighted by Gasteiger charge is 2.40. The lowest BCUT2D eigenvalue weighted by atomic mass is 9.82. The van der Waals surface area contributed by atoms with E-state index >= 15 is 0 Å². The van der Waals surface area contributed by atoms with Crippen LogP contribution < -0.4 is 5.32 Å². The van der Waals surface area contributed by atoms with Crippen molar-refractivity contribution in [3.05, 3.63) is 30.1 Å². The molecule has 2 aliphatic heterocycles. The SMILES string of the molecule is CNC(c1cccnc1)C1CC2CCC(C1)N2C. The minimum absolute atomic E-state index is 0.468. The first-order chi connectivity index (χ1) is 8.79. The number of aromatic nitrogens is 1. The summed E-state index contributed by atoms with van der Waals surface area (Å²) in [4.78, 5) is 6.87. The number of nitrogens with zero attached hydrogens (tertiary/aromatic N) is 2. The van der Waals surface area contributed by atoms with Gasteiger partial charge in [0.1, 0.15) is 0 Å². The van der Waals surface area contributed by atoms with E-state index in [0.29, 0.717) is 6.04 Å². The van der Waals surface area contributed by atoms with Crippen LogP contribution in [-0.2, 0) is 0 Å². The summed E-state index contributed by atoms with van der Waals surface area (Å²) in [7, 11) is 4.38. The van der Waals surface area contributed by atoms with Crippen LogP contribution in [-0.4, -0.2) is 36.1 Å². The van der Waals surface area contributed by atoms with Crippen molar-refractivity contribution in [2.45, 2.75) is 43.8 Å². The zero-order valence-electron chi connectivity index (χ0n) is 11.3. The highest BCUT2D eigenvalue weighted by Crippen LogP contribution is 2.42. The van der Waals surface area contributed by atoms with Gasteiger partial charge in [0.25, 0.3) is 0 Å². The third-order valence-electron chi connectivity index (χ3n) is 4.96. The van der Waals surface area contributed by atoms with Crippen molar-refractivity contribution in [2.75, 3.05) is 14.1 Å². The third kappa shape index (κ3) is 2.06. The summed E-state index contributed by atoms with van der Waals surface area (Å²) in [5.74, 6) is 0.757. The van der Waals surface area contributed by atoms with Gasteiger partial charge < -0.3 is 10.2 Å². The average molecular weight is 245 g/mol. The molecule has 18 heavy (non-hydrogen) atoms. The second kappa shape index (κ2) is 4.98. The van der Waals surface area contributed by atoms with Gasteiger partial charge in [-0.05, 0) is 57.3 Å². The molecule has 2 saturated heterocycles. The predicted octanol–water partition coefficient (Wildman–Crippen LogP) is 2.21. The number of fused-ring (bicyclic) bond motifs is 2. The molecule has 2 bridgehead atoms. The van der Waals surface area contributed by atoms with Gasteiger partial charge in [0.2, 0.25) is 0 Å². The van der Waals surface area contributed by atoms with Gasteiger partial charge in [0.05, 0.1) is 0 Å². The largest absolute Gasteiger partial charge is 0.313 e. The number of pyridine rings is 1. The predicted molar refractivity (Wildman–Crippen MR) is 73.3 cm³/mol. The molecule has 3 heterocycles. The van der Waals surface area contributed by atoms with Gasteiger partial charge in [-0.15, -0.1) is 0 Å². The first-order valence-corrected chi connectivity index (χ1v) is 7.08. The summed E-state index contributed by atoms with van der Waals surface area (Å²) < 4.78 is 0. The van der Waals surface area contributed by atoms with Crippen LogP contribution in [0.1, 0.15) is 37.3 Å². The van der Waals surface area contributed by atoms with E-state index in [0.717, 1.165) is 18.0 Å². The molecule has 2 aliphatic rings. The summed E-state index contributed by atoms with van der Waals surface area (Å²) in [5.41, 5.74) is 1.34. The van der Waals surface area contributed by atoms with Crippen molar-refractivity contribution in [3.63, 3.8) is 0 Å². The fraction of sp³-hybridized carbons (Fsp3) is 0.667. The highest BCUT2D eigenvalue weighted by atomic mass is 15.2. The Morgan fingerprint density at radius 2 is 2.06 bits per heavy atom. The summed E-state index contributed by atoms with van der Waals surface area (Å²) in [6, 6.07) is 6.33. The van der Waals surface area contributed by atoms with Gasteiger partial charge in [0.15, 0.2) is 0 Å².